The molecule has 0 atom stereocenters. The van der Waals surface area contributed by atoms with Gasteiger partial charge in [-0.3, -0.25) is 4.79 Å². The molecular weight excluding hydrogens is 384 g/mol. The monoisotopic (exact) mass is 408 g/mol. The summed E-state index contributed by atoms with van der Waals surface area (Å²) < 4.78 is 27.0. The Hall–Kier alpha value is -2.96. The molecule has 0 bridgehead atoms. The van der Waals surface area contributed by atoms with E-state index >= 15 is 0 Å². The lowest BCUT2D eigenvalue weighted by Gasteiger charge is -2.09. The van der Waals surface area contributed by atoms with Gasteiger partial charge in [0.15, 0.2) is 0 Å². The third kappa shape index (κ3) is 5.53. The molecule has 0 saturated heterocycles. The molecule has 150 valence electrons. The lowest BCUT2D eigenvalue weighted by atomic mass is 10.0. The Balaban J connectivity index is 1.65. The van der Waals surface area contributed by atoms with E-state index in [4.69, 9.17) is 0 Å². The second kappa shape index (κ2) is 9.49. The number of benzene rings is 3. The third-order valence-electron chi connectivity index (χ3n) is 4.50. The zero-order valence-electron chi connectivity index (χ0n) is 16.3. The Labute approximate surface area is 171 Å². The van der Waals surface area contributed by atoms with Crippen LogP contribution in [0, 0.1) is 0 Å². The smallest absolute Gasteiger partial charge is 0.255 e. The van der Waals surface area contributed by atoms with E-state index in [2.05, 4.69) is 10.0 Å². The minimum absolute atomic E-state index is 0.179. The van der Waals surface area contributed by atoms with E-state index in [-0.39, 0.29) is 10.8 Å². The third-order valence-corrected chi connectivity index (χ3v) is 5.98. The van der Waals surface area contributed by atoms with Crippen molar-refractivity contribution in [1.82, 2.24) is 4.72 Å². The second-order valence-electron chi connectivity index (χ2n) is 6.67. The maximum atomic E-state index is 12.5. The Morgan fingerprint density at radius 3 is 2.07 bits per heavy atom. The van der Waals surface area contributed by atoms with Crippen molar-refractivity contribution in [3.05, 3.63) is 84.4 Å². The van der Waals surface area contributed by atoms with Crippen LogP contribution in [0.3, 0.4) is 0 Å². The van der Waals surface area contributed by atoms with Gasteiger partial charge in [-0.2, -0.15) is 0 Å². The molecule has 2 N–H and O–H groups in total. The molecule has 0 fully saturated rings. The molecule has 1 amide bonds. The molecule has 0 aliphatic rings. The highest BCUT2D eigenvalue weighted by atomic mass is 32.2. The molecule has 0 aliphatic carbocycles. The van der Waals surface area contributed by atoms with Gasteiger partial charge in [0.2, 0.25) is 10.0 Å². The van der Waals surface area contributed by atoms with Crippen molar-refractivity contribution in [2.24, 2.45) is 0 Å². The Morgan fingerprint density at radius 1 is 0.828 bits per heavy atom. The van der Waals surface area contributed by atoms with Gasteiger partial charge in [0.1, 0.15) is 0 Å². The molecule has 0 aliphatic heterocycles. The maximum Gasteiger partial charge on any atom is 0.255 e. The van der Waals surface area contributed by atoms with Gasteiger partial charge < -0.3 is 5.32 Å². The molecule has 0 radical (unpaired) electrons. The zero-order chi connectivity index (χ0) is 20.7. The van der Waals surface area contributed by atoms with Crippen LogP contribution >= 0.6 is 0 Å². The minimum Gasteiger partial charge on any atom is -0.322 e. The van der Waals surface area contributed by atoms with Crippen molar-refractivity contribution >= 4 is 21.6 Å². The molecule has 0 spiro atoms. The van der Waals surface area contributed by atoms with Crippen LogP contribution in [0.5, 0.6) is 0 Å². The SMILES string of the molecule is CCCCNS(=O)(=O)c1ccc(NC(=O)c2ccc(-c3ccccc3)cc2)cc1. The van der Waals surface area contributed by atoms with Crippen LogP contribution in [0.15, 0.2) is 83.8 Å². The summed E-state index contributed by atoms with van der Waals surface area (Å²) in [6.45, 7) is 2.41. The molecule has 3 aromatic carbocycles. The average Bonchev–Trinajstić information content (AvgIpc) is 2.75. The van der Waals surface area contributed by atoms with E-state index in [1.54, 1.807) is 24.3 Å². The predicted molar refractivity (Wildman–Crippen MR) is 116 cm³/mol. The highest BCUT2D eigenvalue weighted by Gasteiger charge is 2.13. The summed E-state index contributed by atoms with van der Waals surface area (Å²) in [6, 6.07) is 23.4. The summed E-state index contributed by atoms with van der Waals surface area (Å²) in [5, 5.41) is 2.79. The quantitative estimate of drug-likeness (QED) is 0.531. The molecule has 0 saturated carbocycles. The van der Waals surface area contributed by atoms with Gasteiger partial charge in [-0.25, -0.2) is 13.1 Å². The van der Waals surface area contributed by atoms with Gasteiger partial charge in [-0.1, -0.05) is 55.8 Å². The highest BCUT2D eigenvalue weighted by Crippen LogP contribution is 2.20. The first kappa shape index (κ1) is 20.8. The molecule has 6 heteroatoms. The fourth-order valence-corrected chi connectivity index (χ4v) is 3.91. The Bertz CT molecular complexity index is 1050. The average molecular weight is 409 g/mol. The van der Waals surface area contributed by atoms with Crippen LogP contribution in [-0.4, -0.2) is 20.9 Å². The van der Waals surface area contributed by atoms with Crippen molar-refractivity contribution in [2.75, 3.05) is 11.9 Å². The van der Waals surface area contributed by atoms with Gasteiger partial charge >= 0.3 is 0 Å². The van der Waals surface area contributed by atoms with Crippen molar-refractivity contribution in [1.29, 1.82) is 0 Å². The molecule has 0 heterocycles. The van der Waals surface area contributed by atoms with Gasteiger partial charge in [-0.05, 0) is 53.9 Å². The van der Waals surface area contributed by atoms with Crippen molar-refractivity contribution in [3.63, 3.8) is 0 Å². The Kier molecular flexibility index (Phi) is 6.80. The van der Waals surface area contributed by atoms with Crippen molar-refractivity contribution in [2.45, 2.75) is 24.7 Å². The summed E-state index contributed by atoms with van der Waals surface area (Å²) in [5.74, 6) is -0.249. The number of hydrogen-bond acceptors (Lipinski definition) is 3. The van der Waals surface area contributed by atoms with Crippen LogP contribution in [0.1, 0.15) is 30.1 Å². The number of amides is 1. The number of unbranched alkanes of at least 4 members (excludes halogenated alkanes) is 1. The van der Waals surface area contributed by atoms with E-state index in [1.807, 2.05) is 49.4 Å². The molecule has 3 rings (SSSR count). The number of nitrogens with one attached hydrogen (secondary N) is 2. The minimum atomic E-state index is -3.52. The van der Waals surface area contributed by atoms with E-state index in [0.29, 0.717) is 17.8 Å². The number of sulfonamides is 1. The standard InChI is InChI=1S/C23H24N2O3S/c1-2-3-17-24-29(27,28)22-15-13-21(14-16-22)25-23(26)20-11-9-19(10-12-20)18-7-5-4-6-8-18/h4-16,24H,2-3,17H2,1H3,(H,25,26). The summed E-state index contributed by atoms with van der Waals surface area (Å²) >= 11 is 0. The summed E-state index contributed by atoms with van der Waals surface area (Å²) in [7, 11) is -3.52. The lowest BCUT2D eigenvalue weighted by Crippen LogP contribution is -2.24. The number of carbonyl (C=O) groups excluding carboxylic acids is 1. The first-order valence-electron chi connectivity index (χ1n) is 9.56. The van der Waals surface area contributed by atoms with Gasteiger partial charge in [0, 0.05) is 17.8 Å². The van der Waals surface area contributed by atoms with Gasteiger partial charge in [-0.15, -0.1) is 0 Å². The number of anilines is 1. The first-order valence-corrected chi connectivity index (χ1v) is 11.0. The van der Waals surface area contributed by atoms with Gasteiger partial charge in [0.05, 0.1) is 4.90 Å². The normalized spacial score (nSPS) is 11.2. The molecule has 5 nitrogen and oxygen atoms in total. The Morgan fingerprint density at radius 2 is 1.45 bits per heavy atom. The molecule has 3 aromatic rings. The van der Waals surface area contributed by atoms with Crippen LogP contribution < -0.4 is 10.0 Å². The van der Waals surface area contributed by atoms with Crippen LogP contribution in [0.2, 0.25) is 0 Å². The fraction of sp³-hybridized carbons (Fsp3) is 0.174. The molecule has 0 aromatic heterocycles. The van der Waals surface area contributed by atoms with Crippen molar-refractivity contribution in [3.8, 4) is 11.1 Å². The van der Waals surface area contributed by atoms with E-state index in [0.717, 1.165) is 24.0 Å². The zero-order valence-corrected chi connectivity index (χ0v) is 17.1. The number of rotatable bonds is 8. The highest BCUT2D eigenvalue weighted by molar-refractivity contribution is 7.89. The first-order chi connectivity index (χ1) is 14.0. The van der Waals surface area contributed by atoms with Crippen molar-refractivity contribution < 1.29 is 13.2 Å². The molecule has 29 heavy (non-hydrogen) atoms. The predicted octanol–water partition coefficient (Wildman–Crippen LogP) is 4.68. The van der Waals surface area contributed by atoms with E-state index < -0.39 is 10.0 Å². The molecular formula is C23H24N2O3S. The molecule has 0 unspecified atom stereocenters. The van der Waals surface area contributed by atoms with Gasteiger partial charge in [0.25, 0.3) is 5.91 Å². The van der Waals surface area contributed by atoms with E-state index in [1.165, 1.54) is 12.1 Å². The lowest BCUT2D eigenvalue weighted by molar-refractivity contribution is 0.102. The van der Waals surface area contributed by atoms with E-state index in [9.17, 15) is 13.2 Å². The number of carbonyl (C=O) groups is 1. The van der Waals surface area contributed by atoms with Crippen LogP contribution in [0.25, 0.3) is 11.1 Å². The second-order valence-corrected chi connectivity index (χ2v) is 8.44. The maximum absolute atomic E-state index is 12.5. The fourth-order valence-electron chi connectivity index (χ4n) is 2.83. The van der Waals surface area contributed by atoms with Crippen LogP contribution in [-0.2, 0) is 10.0 Å². The number of hydrogen-bond donors (Lipinski definition) is 2. The topological polar surface area (TPSA) is 75.3 Å². The summed E-state index contributed by atoms with van der Waals surface area (Å²) in [4.78, 5) is 12.7. The van der Waals surface area contributed by atoms with Crippen LogP contribution in [0.4, 0.5) is 5.69 Å². The largest absolute Gasteiger partial charge is 0.322 e. The summed E-state index contributed by atoms with van der Waals surface area (Å²) in [6.07, 6.45) is 1.70. The summed E-state index contributed by atoms with van der Waals surface area (Å²) in [5.41, 5.74) is 3.19.